The molecule has 5 heteroatoms. The van der Waals surface area contributed by atoms with Gasteiger partial charge in [-0.1, -0.05) is 0 Å². The number of nitrogens with two attached hydrogens (primary N) is 1. The summed E-state index contributed by atoms with van der Waals surface area (Å²) in [7, 11) is 0. The number of hydrogen-bond acceptors (Lipinski definition) is 3. The van der Waals surface area contributed by atoms with Gasteiger partial charge in [0.1, 0.15) is 0 Å². The molecule has 0 aromatic heterocycles. The van der Waals surface area contributed by atoms with Crippen LogP contribution in [0.25, 0.3) is 0 Å². The molecule has 0 spiro atoms. The van der Waals surface area contributed by atoms with Crippen LogP contribution in [0, 0.1) is 0 Å². The van der Waals surface area contributed by atoms with E-state index in [0.717, 1.165) is 17.5 Å². The Morgan fingerprint density at radius 1 is 1.19 bits per heavy atom. The maximum Gasteiger partial charge on any atom is 0.336 e. The van der Waals surface area contributed by atoms with Gasteiger partial charge in [0, 0.05) is 6.04 Å². The Morgan fingerprint density at radius 2 is 1.75 bits per heavy atom. The fourth-order valence-corrected chi connectivity index (χ4v) is 2.04. The third kappa shape index (κ3) is 1.55. The highest BCUT2D eigenvalue weighted by atomic mass is 16.4. The van der Waals surface area contributed by atoms with Crippen LogP contribution in [0.1, 0.15) is 44.3 Å². The second kappa shape index (κ2) is 3.61. The molecule has 4 N–H and O–H groups in total. The molecule has 0 bridgehead atoms. The number of aryl methyl sites for hydroxylation is 1. The Bertz CT molecular complexity index is 481. The van der Waals surface area contributed by atoms with Crippen LogP contribution in [0.3, 0.4) is 0 Å². The molecular weight excluding hydrogens is 210 g/mol. The fraction of sp³-hybridized carbons (Fsp3) is 0.273. The maximum atomic E-state index is 10.9. The van der Waals surface area contributed by atoms with Crippen LogP contribution in [-0.4, -0.2) is 22.2 Å². The van der Waals surface area contributed by atoms with Crippen molar-refractivity contribution in [2.24, 2.45) is 5.73 Å². The van der Waals surface area contributed by atoms with Crippen molar-refractivity contribution in [2.75, 3.05) is 0 Å². The summed E-state index contributed by atoms with van der Waals surface area (Å²) in [6.07, 6.45) is 1.44. The molecule has 0 amide bonds. The van der Waals surface area contributed by atoms with Gasteiger partial charge in [-0.05, 0) is 36.1 Å². The molecule has 0 saturated heterocycles. The van der Waals surface area contributed by atoms with Crippen LogP contribution in [0.5, 0.6) is 0 Å². The van der Waals surface area contributed by atoms with Crippen LogP contribution < -0.4 is 5.73 Å². The highest BCUT2D eigenvalue weighted by Gasteiger charge is 2.25. The van der Waals surface area contributed by atoms with E-state index < -0.39 is 11.9 Å². The molecule has 1 aliphatic rings. The largest absolute Gasteiger partial charge is 0.478 e. The average Bonchev–Trinajstić information content (AvgIpc) is 2.58. The SMILES string of the molecule is NC1CCc2cc(C(=O)O)c(C(=O)O)cc21. The number of hydrogen-bond donors (Lipinski definition) is 3. The van der Waals surface area contributed by atoms with Gasteiger partial charge in [0.2, 0.25) is 0 Å². The summed E-state index contributed by atoms with van der Waals surface area (Å²) < 4.78 is 0. The van der Waals surface area contributed by atoms with Crippen LogP contribution in [0.2, 0.25) is 0 Å². The molecule has 1 aromatic carbocycles. The fourth-order valence-electron chi connectivity index (χ4n) is 2.04. The van der Waals surface area contributed by atoms with Gasteiger partial charge in [0.05, 0.1) is 11.1 Å². The van der Waals surface area contributed by atoms with Crippen molar-refractivity contribution in [3.05, 3.63) is 34.4 Å². The van der Waals surface area contributed by atoms with E-state index in [0.29, 0.717) is 6.42 Å². The zero-order valence-corrected chi connectivity index (χ0v) is 8.43. The molecule has 2 rings (SSSR count). The van der Waals surface area contributed by atoms with Crippen molar-refractivity contribution < 1.29 is 19.8 Å². The van der Waals surface area contributed by atoms with Gasteiger partial charge in [-0.25, -0.2) is 9.59 Å². The summed E-state index contributed by atoms with van der Waals surface area (Å²) in [5.41, 5.74) is 7.04. The molecule has 5 nitrogen and oxygen atoms in total. The molecule has 84 valence electrons. The van der Waals surface area contributed by atoms with Gasteiger partial charge in [-0.3, -0.25) is 0 Å². The Hall–Kier alpha value is -1.88. The standard InChI is InChI=1S/C11H11NO4/c12-9-2-1-5-3-7(10(13)14)8(11(15)16)4-6(5)9/h3-4,9H,1-2,12H2,(H,13,14)(H,15,16). The van der Waals surface area contributed by atoms with Crippen molar-refractivity contribution in [1.82, 2.24) is 0 Å². The van der Waals surface area contributed by atoms with Gasteiger partial charge in [0.15, 0.2) is 0 Å². The van der Waals surface area contributed by atoms with Crippen molar-refractivity contribution in [3.63, 3.8) is 0 Å². The predicted octanol–water partition coefficient (Wildman–Crippen LogP) is 1.03. The number of carboxylic acids is 2. The molecule has 0 saturated carbocycles. The van der Waals surface area contributed by atoms with E-state index in [2.05, 4.69) is 0 Å². The summed E-state index contributed by atoms with van der Waals surface area (Å²) in [4.78, 5) is 21.8. The van der Waals surface area contributed by atoms with Crippen LogP contribution in [0.4, 0.5) is 0 Å². The van der Waals surface area contributed by atoms with Gasteiger partial charge < -0.3 is 15.9 Å². The Kier molecular flexibility index (Phi) is 2.40. The Balaban J connectivity index is 2.64. The summed E-state index contributed by atoms with van der Waals surface area (Å²) >= 11 is 0. The quantitative estimate of drug-likeness (QED) is 0.692. The van der Waals surface area contributed by atoms with Crippen LogP contribution in [-0.2, 0) is 6.42 Å². The molecule has 0 heterocycles. The zero-order chi connectivity index (χ0) is 11.9. The van der Waals surface area contributed by atoms with Crippen molar-refractivity contribution in [2.45, 2.75) is 18.9 Å². The third-order valence-corrected chi connectivity index (χ3v) is 2.86. The molecule has 1 aromatic rings. The lowest BCUT2D eigenvalue weighted by molar-refractivity contribution is 0.0651. The molecule has 1 aliphatic carbocycles. The first-order chi connectivity index (χ1) is 7.50. The third-order valence-electron chi connectivity index (χ3n) is 2.86. The zero-order valence-electron chi connectivity index (χ0n) is 8.43. The lowest BCUT2D eigenvalue weighted by Gasteiger charge is -2.08. The number of rotatable bonds is 2. The number of carbonyl (C=O) groups is 2. The monoisotopic (exact) mass is 221 g/mol. The highest BCUT2D eigenvalue weighted by molar-refractivity contribution is 6.02. The second-order valence-electron chi connectivity index (χ2n) is 3.85. The topological polar surface area (TPSA) is 101 Å². The predicted molar refractivity (Wildman–Crippen MR) is 55.6 cm³/mol. The van der Waals surface area contributed by atoms with Crippen LogP contribution >= 0.6 is 0 Å². The van der Waals surface area contributed by atoms with Gasteiger partial charge in [0.25, 0.3) is 0 Å². The smallest absolute Gasteiger partial charge is 0.336 e. The summed E-state index contributed by atoms with van der Waals surface area (Å²) in [6.45, 7) is 0. The van der Waals surface area contributed by atoms with E-state index in [1.165, 1.54) is 12.1 Å². The summed E-state index contributed by atoms with van der Waals surface area (Å²) in [5.74, 6) is -2.46. The first-order valence-corrected chi connectivity index (χ1v) is 4.89. The van der Waals surface area contributed by atoms with E-state index in [1.807, 2.05) is 0 Å². The van der Waals surface area contributed by atoms with Gasteiger partial charge in [-0.15, -0.1) is 0 Å². The van der Waals surface area contributed by atoms with Gasteiger partial charge in [-0.2, -0.15) is 0 Å². The minimum absolute atomic E-state index is 0.166. The molecule has 1 atom stereocenters. The van der Waals surface area contributed by atoms with Crippen molar-refractivity contribution in [1.29, 1.82) is 0 Å². The maximum absolute atomic E-state index is 10.9. The van der Waals surface area contributed by atoms with Crippen molar-refractivity contribution >= 4 is 11.9 Å². The number of fused-ring (bicyclic) bond motifs is 1. The van der Waals surface area contributed by atoms with Gasteiger partial charge >= 0.3 is 11.9 Å². The van der Waals surface area contributed by atoms with E-state index in [-0.39, 0.29) is 17.2 Å². The summed E-state index contributed by atoms with van der Waals surface area (Å²) in [6, 6.07) is 2.63. The molecular formula is C11H11NO4. The average molecular weight is 221 g/mol. The van der Waals surface area contributed by atoms with Crippen molar-refractivity contribution in [3.8, 4) is 0 Å². The Labute approximate surface area is 91.5 Å². The number of aromatic carboxylic acids is 2. The summed E-state index contributed by atoms with van der Waals surface area (Å²) in [5, 5.41) is 17.8. The molecule has 0 radical (unpaired) electrons. The highest BCUT2D eigenvalue weighted by Crippen LogP contribution is 2.31. The van der Waals surface area contributed by atoms with E-state index in [9.17, 15) is 9.59 Å². The molecule has 0 fully saturated rings. The number of carboxylic acid groups (broad SMARTS) is 2. The number of benzene rings is 1. The second-order valence-corrected chi connectivity index (χ2v) is 3.85. The first kappa shape index (κ1) is 10.6. The lowest BCUT2D eigenvalue weighted by Crippen LogP contribution is -2.11. The van der Waals surface area contributed by atoms with E-state index in [4.69, 9.17) is 15.9 Å². The normalized spacial score (nSPS) is 18.2. The van der Waals surface area contributed by atoms with E-state index >= 15 is 0 Å². The van der Waals surface area contributed by atoms with Crippen LogP contribution in [0.15, 0.2) is 12.1 Å². The van der Waals surface area contributed by atoms with E-state index in [1.54, 1.807) is 0 Å². The minimum Gasteiger partial charge on any atom is -0.478 e. The molecule has 1 unspecified atom stereocenters. The molecule has 0 aliphatic heterocycles. The Morgan fingerprint density at radius 3 is 2.31 bits per heavy atom. The minimum atomic E-state index is -1.24. The lowest BCUT2D eigenvalue weighted by atomic mass is 9.99. The molecule has 16 heavy (non-hydrogen) atoms. The first-order valence-electron chi connectivity index (χ1n) is 4.89.